The van der Waals surface area contributed by atoms with E-state index in [0.717, 1.165) is 43.9 Å². The monoisotopic (exact) mass is 428 g/mol. The Morgan fingerprint density at radius 2 is 1.61 bits per heavy atom. The molecule has 0 aromatic heterocycles. The highest BCUT2D eigenvalue weighted by atomic mass is 16.5. The van der Waals surface area contributed by atoms with Gasteiger partial charge in [-0.15, -0.1) is 0 Å². The molecule has 2 aromatic carbocycles. The molecule has 1 aliphatic heterocycles. The van der Waals surface area contributed by atoms with Crippen LogP contribution in [0.2, 0.25) is 0 Å². The molecular weight excluding hydrogens is 396 g/mol. The fourth-order valence-electron chi connectivity index (χ4n) is 4.05. The van der Waals surface area contributed by atoms with E-state index in [1.54, 1.807) is 28.4 Å². The van der Waals surface area contributed by atoms with Gasteiger partial charge in [-0.1, -0.05) is 12.1 Å². The third-order valence-corrected chi connectivity index (χ3v) is 5.67. The number of anilines is 1. The van der Waals surface area contributed by atoms with Gasteiger partial charge in [-0.3, -0.25) is 9.69 Å². The number of nitrogens with zero attached hydrogens (tertiary/aromatic N) is 2. The lowest BCUT2D eigenvalue weighted by Crippen LogP contribution is -2.48. The Hall–Kier alpha value is -2.77. The summed E-state index contributed by atoms with van der Waals surface area (Å²) in [6, 6.07) is 13.9. The van der Waals surface area contributed by atoms with Crippen molar-refractivity contribution in [2.45, 2.75) is 25.4 Å². The van der Waals surface area contributed by atoms with Crippen LogP contribution in [0.5, 0.6) is 17.2 Å². The molecular formula is C24H32N2O5. The van der Waals surface area contributed by atoms with Crippen LogP contribution in [0, 0.1) is 0 Å². The first-order valence-corrected chi connectivity index (χ1v) is 10.5. The summed E-state index contributed by atoms with van der Waals surface area (Å²) in [7, 11) is 6.42. The summed E-state index contributed by atoms with van der Waals surface area (Å²) in [6.45, 7) is 2.76. The average molecular weight is 429 g/mol. The maximum absolute atomic E-state index is 12.9. The van der Waals surface area contributed by atoms with Crippen molar-refractivity contribution in [1.29, 1.82) is 0 Å². The Kier molecular flexibility index (Phi) is 8.14. The first kappa shape index (κ1) is 22.9. The van der Waals surface area contributed by atoms with E-state index >= 15 is 0 Å². The second kappa shape index (κ2) is 11.0. The maximum atomic E-state index is 12.9. The van der Waals surface area contributed by atoms with Crippen molar-refractivity contribution in [2.24, 2.45) is 0 Å². The number of piperidine rings is 1. The van der Waals surface area contributed by atoms with E-state index in [1.165, 1.54) is 5.56 Å². The van der Waals surface area contributed by atoms with E-state index in [2.05, 4.69) is 17.0 Å². The van der Waals surface area contributed by atoms with Gasteiger partial charge in [-0.05, 0) is 42.7 Å². The molecule has 0 unspecified atom stereocenters. The second-order valence-corrected chi connectivity index (χ2v) is 7.59. The summed E-state index contributed by atoms with van der Waals surface area (Å²) >= 11 is 0. The Bertz CT molecular complexity index is 848. The standard InChI is InChI=1S/C24H32N2O5/c1-28-17-24(27)26(20-7-10-22(30-3)23(15-20)31-4)19-11-13-25(14-12-19)16-18-5-8-21(29-2)9-6-18/h5-10,15,19H,11-14,16-17H2,1-4H3. The first-order valence-electron chi connectivity index (χ1n) is 10.5. The van der Waals surface area contributed by atoms with Gasteiger partial charge in [-0.2, -0.15) is 0 Å². The van der Waals surface area contributed by atoms with Crippen LogP contribution in [0.3, 0.4) is 0 Å². The largest absolute Gasteiger partial charge is 0.497 e. The Morgan fingerprint density at radius 3 is 2.19 bits per heavy atom. The summed E-state index contributed by atoms with van der Waals surface area (Å²) in [4.78, 5) is 17.2. The zero-order chi connectivity index (χ0) is 22.2. The molecule has 0 saturated carbocycles. The molecule has 168 valence electrons. The molecule has 0 aliphatic carbocycles. The number of hydrogen-bond donors (Lipinski definition) is 0. The fraction of sp³-hybridized carbons (Fsp3) is 0.458. The molecule has 31 heavy (non-hydrogen) atoms. The minimum atomic E-state index is -0.0525. The third kappa shape index (κ3) is 5.68. The van der Waals surface area contributed by atoms with Crippen molar-refractivity contribution in [3.8, 4) is 17.2 Å². The lowest BCUT2D eigenvalue weighted by molar-refractivity contribution is -0.122. The highest BCUT2D eigenvalue weighted by molar-refractivity contribution is 5.95. The number of amides is 1. The van der Waals surface area contributed by atoms with Gasteiger partial charge in [0.15, 0.2) is 11.5 Å². The van der Waals surface area contributed by atoms with Crippen molar-refractivity contribution in [2.75, 3.05) is 53.0 Å². The molecule has 0 atom stereocenters. The molecule has 7 heteroatoms. The molecule has 1 heterocycles. The number of carbonyl (C=O) groups is 1. The lowest BCUT2D eigenvalue weighted by atomic mass is 10.0. The lowest BCUT2D eigenvalue weighted by Gasteiger charge is -2.38. The first-order chi connectivity index (χ1) is 15.1. The zero-order valence-corrected chi connectivity index (χ0v) is 18.8. The summed E-state index contributed by atoms with van der Waals surface area (Å²) in [5.41, 5.74) is 2.06. The number of benzene rings is 2. The summed E-state index contributed by atoms with van der Waals surface area (Å²) in [5, 5.41) is 0. The van der Waals surface area contributed by atoms with Gasteiger partial charge < -0.3 is 23.8 Å². The van der Waals surface area contributed by atoms with Gasteiger partial charge in [-0.25, -0.2) is 0 Å². The normalized spacial score (nSPS) is 14.8. The van der Waals surface area contributed by atoms with Crippen LogP contribution in [0.15, 0.2) is 42.5 Å². The van der Waals surface area contributed by atoms with Gasteiger partial charge in [0.05, 0.1) is 21.3 Å². The van der Waals surface area contributed by atoms with Crippen molar-refractivity contribution in [3.63, 3.8) is 0 Å². The highest BCUT2D eigenvalue weighted by Gasteiger charge is 2.29. The van der Waals surface area contributed by atoms with Crippen molar-refractivity contribution < 1.29 is 23.7 Å². The van der Waals surface area contributed by atoms with Gasteiger partial charge in [0, 0.05) is 44.5 Å². The predicted molar refractivity (Wildman–Crippen MR) is 120 cm³/mol. The van der Waals surface area contributed by atoms with Crippen molar-refractivity contribution in [3.05, 3.63) is 48.0 Å². The van der Waals surface area contributed by atoms with Crippen LogP contribution in [0.4, 0.5) is 5.69 Å². The number of ether oxygens (including phenoxy) is 4. The van der Waals surface area contributed by atoms with Gasteiger partial charge in [0.1, 0.15) is 12.4 Å². The Balaban J connectivity index is 1.70. The van der Waals surface area contributed by atoms with E-state index < -0.39 is 0 Å². The minimum Gasteiger partial charge on any atom is -0.497 e. The second-order valence-electron chi connectivity index (χ2n) is 7.59. The number of carbonyl (C=O) groups excluding carboxylic acids is 1. The van der Waals surface area contributed by atoms with Crippen LogP contribution >= 0.6 is 0 Å². The van der Waals surface area contributed by atoms with Crippen LogP contribution in [-0.2, 0) is 16.1 Å². The zero-order valence-electron chi connectivity index (χ0n) is 18.8. The maximum Gasteiger partial charge on any atom is 0.253 e. The Morgan fingerprint density at radius 1 is 0.935 bits per heavy atom. The van der Waals surface area contributed by atoms with E-state index in [9.17, 15) is 4.79 Å². The number of hydrogen-bond acceptors (Lipinski definition) is 6. The number of rotatable bonds is 9. The number of likely N-dealkylation sites (tertiary alicyclic amines) is 1. The van der Waals surface area contributed by atoms with Crippen LogP contribution < -0.4 is 19.1 Å². The molecule has 0 radical (unpaired) electrons. The summed E-state index contributed by atoms with van der Waals surface area (Å²) in [6.07, 6.45) is 1.78. The van der Waals surface area contributed by atoms with E-state index in [-0.39, 0.29) is 18.6 Å². The van der Waals surface area contributed by atoms with Crippen molar-refractivity contribution in [1.82, 2.24) is 4.90 Å². The quantitative estimate of drug-likeness (QED) is 0.610. The molecule has 7 nitrogen and oxygen atoms in total. The van der Waals surface area contributed by atoms with Crippen LogP contribution in [0.25, 0.3) is 0 Å². The predicted octanol–water partition coefficient (Wildman–Crippen LogP) is 3.36. The van der Waals surface area contributed by atoms with E-state index in [1.807, 2.05) is 35.2 Å². The van der Waals surface area contributed by atoms with E-state index in [0.29, 0.717) is 11.5 Å². The summed E-state index contributed by atoms with van der Waals surface area (Å²) in [5.74, 6) is 2.06. The molecule has 3 rings (SSSR count). The van der Waals surface area contributed by atoms with Gasteiger partial charge in [0.25, 0.3) is 5.91 Å². The van der Waals surface area contributed by atoms with Gasteiger partial charge in [0.2, 0.25) is 0 Å². The van der Waals surface area contributed by atoms with Crippen LogP contribution in [-0.4, -0.2) is 65.0 Å². The molecule has 0 N–H and O–H groups in total. The molecule has 1 fully saturated rings. The molecule has 0 spiro atoms. The highest BCUT2D eigenvalue weighted by Crippen LogP contribution is 2.34. The van der Waals surface area contributed by atoms with E-state index in [4.69, 9.17) is 18.9 Å². The smallest absolute Gasteiger partial charge is 0.253 e. The fourth-order valence-corrected chi connectivity index (χ4v) is 4.05. The summed E-state index contributed by atoms with van der Waals surface area (Å²) < 4.78 is 21.2. The molecule has 1 saturated heterocycles. The average Bonchev–Trinajstić information content (AvgIpc) is 2.81. The molecule has 1 aliphatic rings. The number of methoxy groups -OCH3 is 4. The Labute approximate surface area is 184 Å². The third-order valence-electron chi connectivity index (χ3n) is 5.67. The SMILES string of the molecule is COCC(=O)N(c1ccc(OC)c(OC)c1)C1CCN(Cc2ccc(OC)cc2)CC1. The van der Waals surface area contributed by atoms with Gasteiger partial charge >= 0.3 is 0 Å². The topological polar surface area (TPSA) is 60.5 Å². The minimum absolute atomic E-state index is 0.0421. The molecule has 2 aromatic rings. The molecule has 1 amide bonds. The molecule has 0 bridgehead atoms. The van der Waals surface area contributed by atoms with Crippen LogP contribution in [0.1, 0.15) is 18.4 Å². The van der Waals surface area contributed by atoms with Crippen molar-refractivity contribution >= 4 is 11.6 Å².